The van der Waals surface area contributed by atoms with E-state index in [0.29, 0.717) is 17.5 Å². The van der Waals surface area contributed by atoms with Crippen molar-refractivity contribution in [2.75, 3.05) is 0 Å². The molecule has 14 heavy (non-hydrogen) atoms. The van der Waals surface area contributed by atoms with Crippen molar-refractivity contribution >= 4 is 6.29 Å². The Morgan fingerprint density at radius 3 is 2.86 bits per heavy atom. The Balaban J connectivity index is 2.54. The van der Waals surface area contributed by atoms with Gasteiger partial charge in [0.25, 0.3) is 0 Å². The van der Waals surface area contributed by atoms with Crippen LogP contribution in [0.5, 0.6) is 0 Å². The Morgan fingerprint density at radius 1 is 1.36 bits per heavy atom. The van der Waals surface area contributed by atoms with Crippen LogP contribution >= 0.6 is 0 Å². The van der Waals surface area contributed by atoms with E-state index < -0.39 is 5.82 Å². The van der Waals surface area contributed by atoms with E-state index >= 15 is 0 Å². The minimum Gasteiger partial charge on any atom is -0.306 e. The highest BCUT2D eigenvalue weighted by Gasteiger charge is 2.01. The molecular formula is C10H7FN2O. The fourth-order valence-electron chi connectivity index (χ4n) is 1.23. The van der Waals surface area contributed by atoms with Crippen molar-refractivity contribution in [2.24, 2.45) is 0 Å². The molecule has 0 atom stereocenters. The first kappa shape index (κ1) is 8.62. The highest BCUT2D eigenvalue weighted by atomic mass is 19.1. The van der Waals surface area contributed by atoms with Crippen molar-refractivity contribution in [3.8, 4) is 5.69 Å². The van der Waals surface area contributed by atoms with Gasteiger partial charge in [0.05, 0.1) is 12.0 Å². The zero-order valence-corrected chi connectivity index (χ0v) is 7.22. The maximum absolute atomic E-state index is 13.0. The molecule has 0 aliphatic heterocycles. The van der Waals surface area contributed by atoms with Crippen LogP contribution in [-0.2, 0) is 0 Å². The number of halogens is 1. The summed E-state index contributed by atoms with van der Waals surface area (Å²) in [6.07, 6.45) is 5.43. The van der Waals surface area contributed by atoms with Crippen LogP contribution in [0.4, 0.5) is 4.39 Å². The number of aldehydes is 1. The van der Waals surface area contributed by atoms with Crippen LogP contribution in [0.25, 0.3) is 5.69 Å². The average molecular weight is 190 g/mol. The molecule has 0 spiro atoms. The van der Waals surface area contributed by atoms with Crippen LogP contribution in [0.15, 0.2) is 36.9 Å². The molecule has 0 amide bonds. The normalized spacial score (nSPS) is 10.1. The largest absolute Gasteiger partial charge is 0.306 e. The van der Waals surface area contributed by atoms with Crippen molar-refractivity contribution in [2.45, 2.75) is 0 Å². The minimum absolute atomic E-state index is 0.314. The summed E-state index contributed by atoms with van der Waals surface area (Å²) in [6.45, 7) is 0. The number of aromatic nitrogens is 2. The fraction of sp³-hybridized carbons (Fsp3) is 0. The second-order valence-corrected chi connectivity index (χ2v) is 2.83. The van der Waals surface area contributed by atoms with Gasteiger partial charge in [-0.25, -0.2) is 9.37 Å². The molecule has 2 aromatic rings. The molecule has 70 valence electrons. The SMILES string of the molecule is O=Cc1cc(F)cc(-n2ccnc2)c1. The molecule has 0 fully saturated rings. The molecule has 1 aromatic carbocycles. The van der Waals surface area contributed by atoms with Gasteiger partial charge in [0.2, 0.25) is 0 Å². The summed E-state index contributed by atoms with van der Waals surface area (Å²) in [5, 5.41) is 0. The lowest BCUT2D eigenvalue weighted by atomic mass is 10.2. The van der Waals surface area contributed by atoms with Gasteiger partial charge in [0.1, 0.15) is 12.1 Å². The summed E-state index contributed by atoms with van der Waals surface area (Å²) in [5.41, 5.74) is 0.901. The van der Waals surface area contributed by atoms with E-state index in [-0.39, 0.29) is 0 Å². The standard InChI is InChI=1S/C10H7FN2O/c11-9-3-8(6-14)4-10(5-9)13-2-1-12-7-13/h1-7H. The van der Waals surface area contributed by atoms with Crippen LogP contribution in [0, 0.1) is 5.82 Å². The maximum atomic E-state index is 13.0. The first-order valence-electron chi connectivity index (χ1n) is 4.04. The summed E-state index contributed by atoms with van der Waals surface area (Å²) in [6, 6.07) is 4.12. The lowest BCUT2D eigenvalue weighted by Gasteiger charge is -2.02. The van der Waals surface area contributed by atoms with Gasteiger partial charge in [-0.15, -0.1) is 0 Å². The van der Waals surface area contributed by atoms with Gasteiger partial charge < -0.3 is 4.57 Å². The monoisotopic (exact) mass is 190 g/mol. The number of carbonyl (C=O) groups is 1. The van der Waals surface area contributed by atoms with E-state index in [1.165, 1.54) is 12.1 Å². The Bertz CT molecular complexity index is 451. The molecule has 0 N–H and O–H groups in total. The molecule has 0 aliphatic rings. The van der Waals surface area contributed by atoms with E-state index in [2.05, 4.69) is 4.98 Å². The second-order valence-electron chi connectivity index (χ2n) is 2.83. The molecular weight excluding hydrogens is 183 g/mol. The van der Waals surface area contributed by atoms with Gasteiger partial charge in [-0.05, 0) is 18.2 Å². The molecule has 0 radical (unpaired) electrons. The Kier molecular flexibility index (Phi) is 2.10. The molecule has 0 unspecified atom stereocenters. The second kappa shape index (κ2) is 3.41. The highest BCUT2D eigenvalue weighted by Crippen LogP contribution is 2.11. The quantitative estimate of drug-likeness (QED) is 0.677. The summed E-state index contributed by atoms with van der Waals surface area (Å²) in [4.78, 5) is 14.3. The lowest BCUT2D eigenvalue weighted by Crippen LogP contribution is -1.93. The molecule has 0 bridgehead atoms. The number of imidazole rings is 1. The highest BCUT2D eigenvalue weighted by molar-refractivity contribution is 5.75. The van der Waals surface area contributed by atoms with Gasteiger partial charge in [-0.2, -0.15) is 0 Å². The van der Waals surface area contributed by atoms with Crippen molar-refractivity contribution < 1.29 is 9.18 Å². The zero-order chi connectivity index (χ0) is 9.97. The number of hydrogen-bond acceptors (Lipinski definition) is 2. The average Bonchev–Trinajstić information content (AvgIpc) is 2.69. The third kappa shape index (κ3) is 1.54. The number of carbonyl (C=O) groups excluding carboxylic acids is 1. The van der Waals surface area contributed by atoms with Gasteiger partial charge >= 0.3 is 0 Å². The van der Waals surface area contributed by atoms with Crippen molar-refractivity contribution in [3.05, 3.63) is 48.3 Å². The molecule has 0 aliphatic carbocycles. The van der Waals surface area contributed by atoms with Crippen LogP contribution in [0.3, 0.4) is 0 Å². The molecule has 1 aromatic heterocycles. The van der Waals surface area contributed by atoms with E-state index in [1.54, 1.807) is 29.4 Å². The first-order chi connectivity index (χ1) is 6.79. The van der Waals surface area contributed by atoms with Crippen LogP contribution < -0.4 is 0 Å². The number of rotatable bonds is 2. The summed E-state index contributed by atoms with van der Waals surface area (Å²) < 4.78 is 14.6. The first-order valence-corrected chi connectivity index (χ1v) is 4.04. The Labute approximate surface area is 79.8 Å². The van der Waals surface area contributed by atoms with Crippen molar-refractivity contribution in [1.29, 1.82) is 0 Å². The van der Waals surface area contributed by atoms with E-state index in [4.69, 9.17) is 0 Å². The van der Waals surface area contributed by atoms with Crippen molar-refractivity contribution in [1.82, 2.24) is 9.55 Å². The van der Waals surface area contributed by atoms with Gasteiger partial charge in [0, 0.05) is 18.0 Å². The van der Waals surface area contributed by atoms with Gasteiger partial charge in [-0.3, -0.25) is 4.79 Å². The van der Waals surface area contributed by atoms with Gasteiger partial charge in [0.15, 0.2) is 0 Å². The predicted molar refractivity (Wildman–Crippen MR) is 48.9 cm³/mol. The number of nitrogens with zero attached hydrogens (tertiary/aromatic N) is 2. The molecule has 2 rings (SSSR count). The van der Waals surface area contributed by atoms with E-state index in [1.807, 2.05) is 0 Å². The lowest BCUT2D eigenvalue weighted by molar-refractivity contribution is 0.112. The zero-order valence-electron chi connectivity index (χ0n) is 7.22. The summed E-state index contributed by atoms with van der Waals surface area (Å²) in [5.74, 6) is -0.432. The number of hydrogen-bond donors (Lipinski definition) is 0. The molecule has 3 nitrogen and oxygen atoms in total. The predicted octanol–water partition coefficient (Wildman–Crippen LogP) is 1.82. The van der Waals surface area contributed by atoms with E-state index in [0.717, 1.165) is 0 Å². The minimum atomic E-state index is -0.432. The molecule has 1 heterocycles. The van der Waals surface area contributed by atoms with Crippen LogP contribution in [0.2, 0.25) is 0 Å². The third-order valence-corrected chi connectivity index (χ3v) is 1.84. The molecule has 0 saturated heterocycles. The summed E-state index contributed by atoms with van der Waals surface area (Å²) >= 11 is 0. The third-order valence-electron chi connectivity index (χ3n) is 1.84. The fourth-order valence-corrected chi connectivity index (χ4v) is 1.23. The van der Waals surface area contributed by atoms with Gasteiger partial charge in [-0.1, -0.05) is 0 Å². The number of benzene rings is 1. The van der Waals surface area contributed by atoms with Crippen molar-refractivity contribution in [3.63, 3.8) is 0 Å². The Hall–Kier alpha value is -1.97. The van der Waals surface area contributed by atoms with Crippen LogP contribution in [-0.4, -0.2) is 15.8 Å². The Morgan fingerprint density at radius 2 is 2.21 bits per heavy atom. The summed E-state index contributed by atoms with van der Waals surface area (Å²) in [7, 11) is 0. The van der Waals surface area contributed by atoms with E-state index in [9.17, 15) is 9.18 Å². The molecule has 4 heteroatoms. The smallest absolute Gasteiger partial charge is 0.150 e. The topological polar surface area (TPSA) is 34.9 Å². The maximum Gasteiger partial charge on any atom is 0.150 e. The van der Waals surface area contributed by atoms with Crippen LogP contribution in [0.1, 0.15) is 10.4 Å². The molecule has 0 saturated carbocycles.